The number of allylic oxidation sites excluding steroid dienone is 1. The number of methoxy groups -OCH3 is 1. The van der Waals surface area contributed by atoms with E-state index in [4.69, 9.17) is 9.47 Å². The maximum atomic E-state index is 13.1. The fourth-order valence-electron chi connectivity index (χ4n) is 4.59. The molecule has 5 heteroatoms. The molecule has 29 heavy (non-hydrogen) atoms. The molecule has 0 spiro atoms. The van der Waals surface area contributed by atoms with Gasteiger partial charge in [0.25, 0.3) is 0 Å². The first-order valence-corrected chi connectivity index (χ1v) is 9.90. The highest BCUT2D eigenvalue weighted by atomic mass is 16.6. The van der Waals surface area contributed by atoms with Crippen molar-refractivity contribution >= 4 is 12.1 Å². The van der Waals surface area contributed by atoms with Gasteiger partial charge in [0.05, 0.1) is 18.7 Å². The number of para-hydroxylation sites is 1. The van der Waals surface area contributed by atoms with Crippen LogP contribution in [0.3, 0.4) is 0 Å². The van der Waals surface area contributed by atoms with Crippen LogP contribution in [-0.2, 0) is 9.53 Å². The summed E-state index contributed by atoms with van der Waals surface area (Å²) in [6, 6.07) is 18.8. The highest BCUT2D eigenvalue weighted by Gasteiger charge is 2.49. The van der Waals surface area contributed by atoms with Gasteiger partial charge >= 0.3 is 12.1 Å². The smallest absolute Gasteiger partial charge is 0.415 e. The van der Waals surface area contributed by atoms with Crippen LogP contribution in [0.5, 0.6) is 5.75 Å². The number of fused-ring (bicyclic) bond motifs is 3. The minimum absolute atomic E-state index is 0.0114. The molecule has 2 aliphatic heterocycles. The standard InChI is InChI=1S/C24H25NO4/c1-24-14-13-21(25(16-24)23(27)29-18-11-7-4-8-12-18)19(22(26)28-2)15-20(24)17-9-5-3-6-10-17/h3-12,15,20-21H,13-14,16H2,1-2H3/t20-,21?,24?/m1/s1. The molecule has 1 amide bonds. The van der Waals surface area contributed by atoms with Gasteiger partial charge in [-0.2, -0.15) is 0 Å². The van der Waals surface area contributed by atoms with E-state index in [1.165, 1.54) is 7.11 Å². The molecule has 2 bridgehead atoms. The summed E-state index contributed by atoms with van der Waals surface area (Å²) in [6.45, 7) is 2.69. The van der Waals surface area contributed by atoms with Gasteiger partial charge in [0, 0.05) is 12.5 Å². The minimum atomic E-state index is -0.435. The highest BCUT2D eigenvalue weighted by molar-refractivity contribution is 5.91. The summed E-state index contributed by atoms with van der Waals surface area (Å²) in [6.07, 6.45) is 3.18. The Balaban J connectivity index is 1.72. The molecule has 1 aliphatic carbocycles. The minimum Gasteiger partial charge on any atom is -0.466 e. The molecule has 2 unspecified atom stereocenters. The van der Waals surface area contributed by atoms with Crippen molar-refractivity contribution in [2.24, 2.45) is 5.41 Å². The molecule has 0 radical (unpaired) electrons. The number of ether oxygens (including phenoxy) is 2. The van der Waals surface area contributed by atoms with Gasteiger partial charge in [-0.1, -0.05) is 61.5 Å². The largest absolute Gasteiger partial charge is 0.466 e. The van der Waals surface area contributed by atoms with Crippen LogP contribution in [0.25, 0.3) is 0 Å². The third-order valence-corrected chi connectivity index (χ3v) is 6.12. The Labute approximate surface area is 170 Å². The SMILES string of the molecule is COC(=O)C1=C[C@H](c2ccccc2)C2(C)CCC1N(C(=O)Oc1ccccc1)C2. The average molecular weight is 391 g/mol. The lowest BCUT2D eigenvalue weighted by molar-refractivity contribution is -0.136. The average Bonchev–Trinajstić information content (AvgIpc) is 2.98. The Morgan fingerprint density at radius 1 is 1.03 bits per heavy atom. The van der Waals surface area contributed by atoms with Crippen molar-refractivity contribution in [3.63, 3.8) is 0 Å². The molecule has 2 heterocycles. The first-order chi connectivity index (χ1) is 14.0. The molecule has 2 aromatic rings. The van der Waals surface area contributed by atoms with Gasteiger partial charge in [-0.3, -0.25) is 4.90 Å². The fraction of sp³-hybridized carbons (Fsp3) is 0.333. The zero-order chi connectivity index (χ0) is 20.4. The molecule has 3 aliphatic rings. The molecule has 0 N–H and O–H groups in total. The molecule has 5 rings (SSSR count). The van der Waals surface area contributed by atoms with Crippen LogP contribution in [0.15, 0.2) is 72.3 Å². The zero-order valence-corrected chi connectivity index (χ0v) is 16.7. The maximum Gasteiger partial charge on any atom is 0.415 e. The molecular weight excluding hydrogens is 366 g/mol. The first kappa shape index (κ1) is 19.2. The van der Waals surface area contributed by atoms with Gasteiger partial charge in [-0.25, -0.2) is 9.59 Å². The molecular formula is C24H25NO4. The molecule has 5 nitrogen and oxygen atoms in total. The Morgan fingerprint density at radius 2 is 1.69 bits per heavy atom. The van der Waals surface area contributed by atoms with Gasteiger partial charge in [0.2, 0.25) is 0 Å². The predicted molar refractivity (Wildman–Crippen MR) is 110 cm³/mol. The Kier molecular flexibility index (Phi) is 5.14. The Morgan fingerprint density at radius 3 is 2.34 bits per heavy atom. The summed E-state index contributed by atoms with van der Waals surface area (Å²) >= 11 is 0. The van der Waals surface area contributed by atoms with E-state index in [-0.39, 0.29) is 23.3 Å². The van der Waals surface area contributed by atoms with E-state index in [1.54, 1.807) is 17.0 Å². The second-order valence-electron chi connectivity index (χ2n) is 8.02. The normalized spacial score (nSPS) is 25.7. The number of carbonyl (C=O) groups is 2. The van der Waals surface area contributed by atoms with Gasteiger partial charge < -0.3 is 9.47 Å². The molecule has 1 saturated heterocycles. The van der Waals surface area contributed by atoms with E-state index >= 15 is 0 Å². The lowest BCUT2D eigenvalue weighted by atomic mass is 9.69. The van der Waals surface area contributed by atoms with Crippen molar-refractivity contribution < 1.29 is 19.1 Å². The van der Waals surface area contributed by atoms with Crippen LogP contribution >= 0.6 is 0 Å². The van der Waals surface area contributed by atoms with E-state index in [1.807, 2.05) is 42.5 Å². The van der Waals surface area contributed by atoms with Crippen molar-refractivity contribution in [2.75, 3.05) is 13.7 Å². The second kappa shape index (κ2) is 7.74. The summed E-state index contributed by atoms with van der Waals surface area (Å²) in [5, 5.41) is 0. The monoisotopic (exact) mass is 391 g/mol. The van der Waals surface area contributed by atoms with Crippen LogP contribution in [-0.4, -0.2) is 36.7 Å². The molecule has 0 saturated carbocycles. The number of benzene rings is 2. The number of esters is 1. The number of rotatable bonds is 3. The van der Waals surface area contributed by atoms with E-state index in [0.29, 0.717) is 24.3 Å². The fourth-order valence-corrected chi connectivity index (χ4v) is 4.59. The van der Waals surface area contributed by atoms with Crippen molar-refractivity contribution in [1.29, 1.82) is 0 Å². The summed E-state index contributed by atoms with van der Waals surface area (Å²) in [7, 11) is 1.38. The molecule has 150 valence electrons. The number of nitrogens with zero attached hydrogens (tertiary/aromatic N) is 1. The lowest BCUT2D eigenvalue weighted by Gasteiger charge is -2.44. The van der Waals surface area contributed by atoms with Crippen molar-refractivity contribution in [1.82, 2.24) is 4.90 Å². The topological polar surface area (TPSA) is 55.8 Å². The zero-order valence-electron chi connectivity index (χ0n) is 16.7. The highest BCUT2D eigenvalue weighted by Crippen LogP contribution is 2.50. The van der Waals surface area contributed by atoms with Crippen LogP contribution in [0.2, 0.25) is 0 Å². The molecule has 3 atom stereocenters. The Hall–Kier alpha value is -3.08. The van der Waals surface area contributed by atoms with Crippen molar-refractivity contribution in [3.8, 4) is 5.75 Å². The van der Waals surface area contributed by atoms with Gasteiger partial charge in [-0.05, 0) is 36.0 Å². The van der Waals surface area contributed by atoms with E-state index in [9.17, 15) is 9.59 Å². The third-order valence-electron chi connectivity index (χ3n) is 6.12. The first-order valence-electron chi connectivity index (χ1n) is 9.90. The summed E-state index contributed by atoms with van der Waals surface area (Å²) < 4.78 is 10.7. The molecule has 0 aromatic heterocycles. The Bertz CT molecular complexity index is 924. The van der Waals surface area contributed by atoms with Crippen LogP contribution < -0.4 is 4.74 Å². The maximum absolute atomic E-state index is 13.1. The number of hydrogen-bond acceptors (Lipinski definition) is 4. The van der Waals surface area contributed by atoms with Crippen molar-refractivity contribution in [2.45, 2.75) is 31.7 Å². The third kappa shape index (κ3) is 3.65. The summed E-state index contributed by atoms with van der Waals surface area (Å²) in [5.41, 5.74) is 1.46. The molecule has 2 aromatic carbocycles. The molecule has 1 fully saturated rings. The number of carbonyl (C=O) groups excluding carboxylic acids is 2. The number of piperidine rings is 1. The van der Waals surface area contributed by atoms with Crippen LogP contribution in [0, 0.1) is 5.41 Å². The predicted octanol–water partition coefficient (Wildman–Crippen LogP) is 4.55. The van der Waals surface area contributed by atoms with Gasteiger partial charge in [0.15, 0.2) is 0 Å². The van der Waals surface area contributed by atoms with E-state index in [0.717, 1.165) is 12.0 Å². The number of amides is 1. The quantitative estimate of drug-likeness (QED) is 0.720. The van der Waals surface area contributed by atoms with Gasteiger partial charge in [-0.15, -0.1) is 0 Å². The van der Waals surface area contributed by atoms with Crippen LogP contribution in [0.4, 0.5) is 4.79 Å². The van der Waals surface area contributed by atoms with Crippen LogP contribution in [0.1, 0.15) is 31.2 Å². The van der Waals surface area contributed by atoms with Crippen molar-refractivity contribution in [3.05, 3.63) is 77.9 Å². The van der Waals surface area contributed by atoms with Gasteiger partial charge in [0.1, 0.15) is 5.75 Å². The van der Waals surface area contributed by atoms with E-state index in [2.05, 4.69) is 19.1 Å². The summed E-state index contributed by atoms with van der Waals surface area (Å²) in [4.78, 5) is 27.4. The summed E-state index contributed by atoms with van der Waals surface area (Å²) in [5.74, 6) is 0.114. The number of hydrogen-bond donors (Lipinski definition) is 0. The second-order valence-corrected chi connectivity index (χ2v) is 8.02. The lowest BCUT2D eigenvalue weighted by Crippen LogP contribution is -2.52. The van der Waals surface area contributed by atoms with E-state index < -0.39 is 6.09 Å².